The van der Waals surface area contributed by atoms with Gasteiger partial charge in [-0.25, -0.2) is 13.1 Å². The average molecular weight is 377 g/mol. The molecule has 0 spiro atoms. The lowest BCUT2D eigenvalue weighted by Crippen LogP contribution is -2.33. The molecule has 2 aromatic rings. The highest BCUT2D eigenvalue weighted by Crippen LogP contribution is 2.15. The van der Waals surface area contributed by atoms with Crippen LogP contribution < -0.4 is 10.0 Å². The fraction of sp³-hybridized carbons (Fsp3) is 0.294. The van der Waals surface area contributed by atoms with Crippen molar-refractivity contribution in [2.75, 3.05) is 18.4 Å². The number of furan rings is 1. The molecular weight excluding hydrogens is 358 g/mol. The summed E-state index contributed by atoms with van der Waals surface area (Å²) in [5.74, 6) is 0.171. The molecule has 0 atom stereocenters. The predicted octanol–water partition coefficient (Wildman–Crippen LogP) is 1.32. The number of benzene rings is 1. The van der Waals surface area contributed by atoms with Gasteiger partial charge in [-0.05, 0) is 42.8 Å². The van der Waals surface area contributed by atoms with Crippen LogP contribution in [0.2, 0.25) is 0 Å². The Bertz CT molecular complexity index is 876. The van der Waals surface area contributed by atoms with Crippen molar-refractivity contribution in [3.8, 4) is 0 Å². The predicted molar refractivity (Wildman–Crippen MR) is 93.6 cm³/mol. The Morgan fingerprint density at radius 2 is 1.96 bits per heavy atom. The second kappa shape index (κ2) is 7.71. The summed E-state index contributed by atoms with van der Waals surface area (Å²) in [7, 11) is -3.68. The Morgan fingerprint density at radius 1 is 1.19 bits per heavy atom. The third-order valence-corrected chi connectivity index (χ3v) is 5.39. The number of hydrogen-bond acceptors (Lipinski definition) is 5. The molecule has 1 aromatic heterocycles. The van der Waals surface area contributed by atoms with Crippen molar-refractivity contribution in [3.05, 3.63) is 48.4 Å². The summed E-state index contributed by atoms with van der Waals surface area (Å²) in [5.41, 5.74) is 0.464. The van der Waals surface area contributed by atoms with E-state index in [0.717, 1.165) is 6.42 Å². The minimum absolute atomic E-state index is 0.00356. The summed E-state index contributed by atoms with van der Waals surface area (Å²) in [5, 5.41) is 2.66. The summed E-state index contributed by atoms with van der Waals surface area (Å²) in [4.78, 5) is 25.1. The van der Waals surface area contributed by atoms with Crippen molar-refractivity contribution in [1.82, 2.24) is 9.62 Å². The molecule has 0 saturated carbocycles. The van der Waals surface area contributed by atoms with Gasteiger partial charge in [0.1, 0.15) is 5.76 Å². The fourth-order valence-corrected chi connectivity index (χ4v) is 3.62. The van der Waals surface area contributed by atoms with Crippen LogP contribution in [-0.4, -0.2) is 38.2 Å². The van der Waals surface area contributed by atoms with Crippen molar-refractivity contribution in [2.24, 2.45) is 0 Å². The maximum absolute atomic E-state index is 12.2. The third kappa shape index (κ3) is 4.50. The number of rotatable bonds is 7. The minimum atomic E-state index is -3.68. The Morgan fingerprint density at radius 3 is 2.58 bits per heavy atom. The van der Waals surface area contributed by atoms with Crippen LogP contribution in [0.25, 0.3) is 0 Å². The molecule has 2 heterocycles. The molecule has 0 aliphatic carbocycles. The number of anilines is 1. The number of hydrogen-bond donors (Lipinski definition) is 2. The largest absolute Gasteiger partial charge is 0.468 e. The second-order valence-corrected chi connectivity index (χ2v) is 7.66. The summed E-state index contributed by atoms with van der Waals surface area (Å²) < 4.78 is 32.0. The number of amides is 2. The second-order valence-electron chi connectivity index (χ2n) is 5.90. The summed E-state index contributed by atoms with van der Waals surface area (Å²) in [6.45, 7) is 0.645. The van der Waals surface area contributed by atoms with Crippen molar-refractivity contribution in [2.45, 2.75) is 24.3 Å². The van der Waals surface area contributed by atoms with E-state index >= 15 is 0 Å². The van der Waals surface area contributed by atoms with Gasteiger partial charge in [0.05, 0.1) is 24.2 Å². The van der Waals surface area contributed by atoms with Crippen LogP contribution in [-0.2, 0) is 26.2 Å². The standard InChI is InChI=1S/C17H19N3O5S/c21-16(12-20-9-1-4-17(20)22)19-13-5-7-15(8-6-13)26(23,24)18-11-14-3-2-10-25-14/h2-3,5-8,10,18H,1,4,9,11-12H2,(H,19,21). The first-order valence-electron chi connectivity index (χ1n) is 8.14. The van der Waals surface area contributed by atoms with Gasteiger partial charge < -0.3 is 14.6 Å². The molecule has 1 aliphatic rings. The van der Waals surface area contributed by atoms with E-state index in [1.165, 1.54) is 35.4 Å². The first-order valence-corrected chi connectivity index (χ1v) is 9.62. The Hall–Kier alpha value is -2.65. The molecule has 8 nitrogen and oxygen atoms in total. The van der Waals surface area contributed by atoms with E-state index in [1.54, 1.807) is 12.1 Å². The van der Waals surface area contributed by atoms with Crippen LogP contribution in [0, 0.1) is 0 Å². The van der Waals surface area contributed by atoms with E-state index in [0.29, 0.717) is 24.4 Å². The zero-order valence-electron chi connectivity index (χ0n) is 14.0. The lowest BCUT2D eigenvalue weighted by Gasteiger charge is -2.15. The molecule has 0 unspecified atom stereocenters. The molecule has 9 heteroatoms. The molecule has 0 radical (unpaired) electrons. The Kier molecular flexibility index (Phi) is 5.38. The van der Waals surface area contributed by atoms with Gasteiger partial charge in [0, 0.05) is 18.7 Å². The van der Waals surface area contributed by atoms with Crippen molar-refractivity contribution >= 4 is 27.5 Å². The van der Waals surface area contributed by atoms with Gasteiger partial charge in [-0.15, -0.1) is 0 Å². The lowest BCUT2D eigenvalue weighted by molar-refractivity contribution is -0.131. The minimum Gasteiger partial charge on any atom is -0.468 e. The molecule has 26 heavy (non-hydrogen) atoms. The molecule has 2 amide bonds. The number of sulfonamides is 1. The molecule has 1 fully saturated rings. The highest BCUT2D eigenvalue weighted by molar-refractivity contribution is 7.89. The number of likely N-dealkylation sites (tertiary alicyclic amines) is 1. The van der Waals surface area contributed by atoms with Crippen LogP contribution >= 0.6 is 0 Å². The highest BCUT2D eigenvalue weighted by atomic mass is 32.2. The van der Waals surface area contributed by atoms with Gasteiger partial charge in [-0.1, -0.05) is 0 Å². The maximum Gasteiger partial charge on any atom is 0.243 e. The van der Waals surface area contributed by atoms with Crippen LogP contribution in [0.1, 0.15) is 18.6 Å². The summed E-state index contributed by atoms with van der Waals surface area (Å²) in [6, 6.07) is 9.17. The Balaban J connectivity index is 1.57. The van der Waals surface area contributed by atoms with Crippen molar-refractivity contribution < 1.29 is 22.4 Å². The lowest BCUT2D eigenvalue weighted by atomic mass is 10.3. The molecule has 3 rings (SSSR count). The van der Waals surface area contributed by atoms with E-state index in [1.807, 2.05) is 0 Å². The molecule has 0 bridgehead atoms. The SMILES string of the molecule is O=C(CN1CCCC1=O)Nc1ccc(S(=O)(=O)NCc2ccco2)cc1. The smallest absolute Gasteiger partial charge is 0.243 e. The molecule has 1 saturated heterocycles. The number of nitrogens with one attached hydrogen (secondary N) is 2. The average Bonchev–Trinajstić information content (AvgIpc) is 3.26. The quantitative estimate of drug-likeness (QED) is 0.756. The zero-order valence-corrected chi connectivity index (χ0v) is 14.8. The fourth-order valence-electron chi connectivity index (χ4n) is 2.63. The van der Waals surface area contributed by atoms with Gasteiger partial charge in [0.2, 0.25) is 21.8 Å². The first kappa shape index (κ1) is 18.2. The van der Waals surface area contributed by atoms with Crippen molar-refractivity contribution in [1.29, 1.82) is 0 Å². The monoisotopic (exact) mass is 377 g/mol. The first-order chi connectivity index (χ1) is 12.4. The maximum atomic E-state index is 12.2. The van der Waals surface area contributed by atoms with E-state index < -0.39 is 10.0 Å². The summed E-state index contributed by atoms with van der Waals surface area (Å²) >= 11 is 0. The van der Waals surface area contributed by atoms with Crippen LogP contribution in [0.4, 0.5) is 5.69 Å². The third-order valence-electron chi connectivity index (χ3n) is 3.97. The van der Waals surface area contributed by atoms with Crippen molar-refractivity contribution in [3.63, 3.8) is 0 Å². The van der Waals surface area contributed by atoms with Gasteiger partial charge in [-0.3, -0.25) is 9.59 Å². The van der Waals surface area contributed by atoms with Crippen LogP contribution in [0.3, 0.4) is 0 Å². The topological polar surface area (TPSA) is 109 Å². The van der Waals surface area contributed by atoms with Crippen LogP contribution in [0.5, 0.6) is 0 Å². The van der Waals surface area contributed by atoms with Gasteiger partial charge >= 0.3 is 0 Å². The van der Waals surface area contributed by atoms with E-state index in [4.69, 9.17) is 4.42 Å². The van der Waals surface area contributed by atoms with Gasteiger partial charge in [0.25, 0.3) is 0 Å². The molecule has 138 valence electrons. The van der Waals surface area contributed by atoms with Gasteiger partial charge in [0.15, 0.2) is 0 Å². The molecule has 1 aliphatic heterocycles. The van der Waals surface area contributed by atoms with Gasteiger partial charge in [-0.2, -0.15) is 0 Å². The Labute approximate surface area is 151 Å². The highest BCUT2D eigenvalue weighted by Gasteiger charge is 2.22. The molecular formula is C17H19N3O5S. The van der Waals surface area contributed by atoms with Crippen LogP contribution in [0.15, 0.2) is 52.0 Å². The number of carbonyl (C=O) groups is 2. The zero-order chi connectivity index (χ0) is 18.6. The molecule has 1 aromatic carbocycles. The number of carbonyl (C=O) groups excluding carboxylic acids is 2. The van der Waals surface area contributed by atoms with E-state index in [2.05, 4.69) is 10.0 Å². The normalized spacial score (nSPS) is 14.6. The molecule has 2 N–H and O–H groups in total. The van der Waals surface area contributed by atoms with E-state index in [9.17, 15) is 18.0 Å². The van der Waals surface area contributed by atoms with E-state index in [-0.39, 0.29) is 29.8 Å². The number of nitrogens with zero attached hydrogens (tertiary/aromatic N) is 1. The summed E-state index contributed by atoms with van der Waals surface area (Å²) in [6.07, 6.45) is 2.71.